The van der Waals surface area contributed by atoms with Gasteiger partial charge in [0.25, 0.3) is 5.91 Å². The van der Waals surface area contributed by atoms with Crippen molar-refractivity contribution >= 4 is 23.5 Å². The summed E-state index contributed by atoms with van der Waals surface area (Å²) in [6, 6.07) is 13.7. The van der Waals surface area contributed by atoms with Crippen LogP contribution in [0.25, 0.3) is 0 Å². The molecule has 146 valence electrons. The van der Waals surface area contributed by atoms with Crippen molar-refractivity contribution < 1.29 is 19.1 Å². The number of benzene rings is 2. The standard InChI is InChI=1S/C22H24N2O4/c1-4-15(2)11-21(26)24-19-9-5-7-17(12-19)14-23-22(27)18-8-6-10-20(13-18)28-16(3)25/h5-13H,4,14H2,1-3H3,(H,23,27)(H,24,26)/b15-11+. The van der Waals surface area contributed by atoms with Crippen LogP contribution in [-0.2, 0) is 16.1 Å². The Morgan fingerprint density at radius 1 is 1.04 bits per heavy atom. The van der Waals surface area contributed by atoms with Gasteiger partial charge in [0.1, 0.15) is 5.75 Å². The monoisotopic (exact) mass is 380 g/mol. The molecule has 0 saturated heterocycles. The minimum absolute atomic E-state index is 0.178. The zero-order valence-electron chi connectivity index (χ0n) is 16.2. The molecule has 2 aromatic carbocycles. The Hall–Kier alpha value is -3.41. The summed E-state index contributed by atoms with van der Waals surface area (Å²) in [5.74, 6) is -0.589. The van der Waals surface area contributed by atoms with Gasteiger partial charge in [0.15, 0.2) is 0 Å². The van der Waals surface area contributed by atoms with Gasteiger partial charge >= 0.3 is 5.97 Å². The van der Waals surface area contributed by atoms with Crippen molar-refractivity contribution in [2.75, 3.05) is 5.32 Å². The summed E-state index contributed by atoms with van der Waals surface area (Å²) in [6.07, 6.45) is 2.39. The van der Waals surface area contributed by atoms with Crippen LogP contribution < -0.4 is 15.4 Å². The van der Waals surface area contributed by atoms with Crippen LogP contribution in [0.4, 0.5) is 5.69 Å². The molecule has 0 unspecified atom stereocenters. The molecule has 0 fully saturated rings. The van der Waals surface area contributed by atoms with E-state index in [2.05, 4.69) is 10.6 Å². The molecule has 2 N–H and O–H groups in total. The van der Waals surface area contributed by atoms with Crippen LogP contribution >= 0.6 is 0 Å². The normalized spacial score (nSPS) is 10.9. The maximum atomic E-state index is 12.3. The average Bonchev–Trinajstić information content (AvgIpc) is 2.65. The SMILES string of the molecule is CC/C(C)=C/C(=O)Nc1cccc(CNC(=O)c2cccc(OC(C)=O)c2)c1. The number of hydrogen-bond donors (Lipinski definition) is 2. The molecule has 0 heterocycles. The zero-order chi connectivity index (χ0) is 20.5. The highest BCUT2D eigenvalue weighted by Crippen LogP contribution is 2.15. The molecule has 28 heavy (non-hydrogen) atoms. The Kier molecular flexibility index (Phi) is 7.51. The lowest BCUT2D eigenvalue weighted by Gasteiger charge is -2.09. The highest BCUT2D eigenvalue weighted by atomic mass is 16.5. The third-order valence-corrected chi connectivity index (χ3v) is 3.94. The number of hydrogen-bond acceptors (Lipinski definition) is 4. The minimum Gasteiger partial charge on any atom is -0.427 e. The van der Waals surface area contributed by atoms with Gasteiger partial charge in [-0.15, -0.1) is 0 Å². The fourth-order valence-electron chi connectivity index (χ4n) is 2.41. The lowest BCUT2D eigenvalue weighted by molar-refractivity contribution is -0.131. The highest BCUT2D eigenvalue weighted by Gasteiger charge is 2.08. The van der Waals surface area contributed by atoms with Crippen molar-refractivity contribution in [2.45, 2.75) is 33.7 Å². The second-order valence-corrected chi connectivity index (χ2v) is 6.34. The summed E-state index contributed by atoms with van der Waals surface area (Å²) in [5, 5.41) is 5.63. The Bertz CT molecular complexity index is 903. The van der Waals surface area contributed by atoms with Crippen LogP contribution in [0.2, 0.25) is 0 Å². The molecule has 0 aliphatic carbocycles. The van der Waals surface area contributed by atoms with Crippen LogP contribution in [0.5, 0.6) is 5.75 Å². The van der Waals surface area contributed by atoms with E-state index in [4.69, 9.17) is 4.74 Å². The molecule has 0 radical (unpaired) electrons. The maximum Gasteiger partial charge on any atom is 0.308 e. The lowest BCUT2D eigenvalue weighted by Crippen LogP contribution is -2.23. The maximum absolute atomic E-state index is 12.3. The van der Waals surface area contributed by atoms with Crippen molar-refractivity contribution in [3.05, 3.63) is 71.3 Å². The number of allylic oxidation sites excluding steroid dienone is 1. The predicted molar refractivity (Wildman–Crippen MR) is 108 cm³/mol. The molecule has 6 nitrogen and oxygen atoms in total. The molecule has 0 atom stereocenters. The molecule has 2 aromatic rings. The summed E-state index contributed by atoms with van der Waals surface area (Å²) in [6.45, 7) is 5.49. The van der Waals surface area contributed by atoms with Gasteiger partial charge in [-0.2, -0.15) is 0 Å². The Labute approximate surface area is 164 Å². The molecular weight excluding hydrogens is 356 g/mol. The van der Waals surface area contributed by atoms with Gasteiger partial charge in [-0.25, -0.2) is 0 Å². The second kappa shape index (κ2) is 10.1. The largest absolute Gasteiger partial charge is 0.427 e. The summed E-state index contributed by atoms with van der Waals surface area (Å²) in [5.41, 5.74) is 2.90. The van der Waals surface area contributed by atoms with Crippen LogP contribution in [0, 0.1) is 0 Å². The van der Waals surface area contributed by atoms with Crippen molar-refractivity contribution in [1.82, 2.24) is 5.32 Å². The second-order valence-electron chi connectivity index (χ2n) is 6.34. The quantitative estimate of drug-likeness (QED) is 0.434. The van der Waals surface area contributed by atoms with E-state index in [1.165, 1.54) is 13.0 Å². The van der Waals surface area contributed by atoms with Gasteiger partial charge in [0, 0.05) is 30.8 Å². The first-order valence-electron chi connectivity index (χ1n) is 9.01. The number of nitrogens with one attached hydrogen (secondary N) is 2. The Balaban J connectivity index is 1.98. The van der Waals surface area contributed by atoms with Crippen LogP contribution in [0.1, 0.15) is 43.1 Å². The van der Waals surface area contributed by atoms with Gasteiger partial charge in [0.05, 0.1) is 0 Å². The van der Waals surface area contributed by atoms with Crippen molar-refractivity contribution in [3.8, 4) is 5.75 Å². The number of carbonyl (C=O) groups is 3. The van der Waals surface area contributed by atoms with E-state index >= 15 is 0 Å². The summed E-state index contributed by atoms with van der Waals surface area (Å²) >= 11 is 0. The van der Waals surface area contributed by atoms with Crippen molar-refractivity contribution in [2.24, 2.45) is 0 Å². The number of amides is 2. The van der Waals surface area contributed by atoms with Gasteiger partial charge in [-0.3, -0.25) is 14.4 Å². The molecule has 0 aromatic heterocycles. The summed E-state index contributed by atoms with van der Waals surface area (Å²) in [4.78, 5) is 35.3. The number of anilines is 1. The highest BCUT2D eigenvalue weighted by molar-refractivity contribution is 5.99. The van der Waals surface area contributed by atoms with Gasteiger partial charge < -0.3 is 15.4 Å². The first-order valence-corrected chi connectivity index (χ1v) is 9.01. The van der Waals surface area contributed by atoms with Crippen LogP contribution in [0.3, 0.4) is 0 Å². The van der Waals surface area contributed by atoms with Crippen molar-refractivity contribution in [3.63, 3.8) is 0 Å². The van der Waals surface area contributed by atoms with E-state index < -0.39 is 5.97 Å². The number of carbonyl (C=O) groups excluding carboxylic acids is 3. The average molecular weight is 380 g/mol. The van der Waals surface area contributed by atoms with E-state index in [9.17, 15) is 14.4 Å². The molecule has 0 bridgehead atoms. The van der Waals surface area contributed by atoms with E-state index in [1.807, 2.05) is 32.0 Å². The van der Waals surface area contributed by atoms with E-state index in [0.717, 1.165) is 17.6 Å². The van der Waals surface area contributed by atoms with E-state index in [-0.39, 0.29) is 11.8 Å². The van der Waals surface area contributed by atoms with Crippen LogP contribution in [0.15, 0.2) is 60.2 Å². The molecule has 0 aliphatic rings. The molecule has 2 rings (SSSR count). The first kappa shape index (κ1) is 20.9. The fraction of sp³-hybridized carbons (Fsp3) is 0.227. The predicted octanol–water partition coefficient (Wildman–Crippen LogP) is 3.84. The lowest BCUT2D eigenvalue weighted by atomic mass is 10.1. The third-order valence-electron chi connectivity index (χ3n) is 3.94. The number of rotatable bonds is 7. The summed E-state index contributed by atoms with van der Waals surface area (Å²) < 4.78 is 4.99. The smallest absolute Gasteiger partial charge is 0.308 e. The molecule has 2 amide bonds. The van der Waals surface area contributed by atoms with Gasteiger partial charge in [-0.1, -0.05) is 30.7 Å². The zero-order valence-corrected chi connectivity index (χ0v) is 16.2. The molecule has 6 heteroatoms. The Morgan fingerprint density at radius 2 is 1.79 bits per heavy atom. The van der Waals surface area contributed by atoms with Crippen molar-refractivity contribution in [1.29, 1.82) is 0 Å². The van der Waals surface area contributed by atoms with E-state index in [1.54, 1.807) is 30.3 Å². The van der Waals surface area contributed by atoms with Gasteiger partial charge in [0.2, 0.25) is 5.91 Å². The number of ether oxygens (including phenoxy) is 1. The van der Waals surface area contributed by atoms with Crippen LogP contribution in [-0.4, -0.2) is 17.8 Å². The van der Waals surface area contributed by atoms with E-state index in [0.29, 0.717) is 23.5 Å². The Morgan fingerprint density at radius 3 is 2.50 bits per heavy atom. The summed E-state index contributed by atoms with van der Waals surface area (Å²) in [7, 11) is 0. The molecular formula is C22H24N2O4. The fourth-order valence-corrected chi connectivity index (χ4v) is 2.41. The first-order chi connectivity index (χ1) is 13.4. The number of esters is 1. The molecule has 0 aliphatic heterocycles. The van der Waals surface area contributed by atoms with Gasteiger partial charge in [-0.05, 0) is 49.2 Å². The molecule has 0 spiro atoms. The minimum atomic E-state index is -0.444. The third kappa shape index (κ3) is 6.72. The topological polar surface area (TPSA) is 84.5 Å². The molecule has 0 saturated carbocycles.